The number of aliphatic hydroxyl groups excluding tert-OH is 14. The van der Waals surface area contributed by atoms with E-state index in [2.05, 4.69) is 0 Å². The number of hydrogen-bond donors (Lipinski definition) is 14. The molecule has 7 fully saturated rings. The maximum absolute atomic E-state index is 13.5. The Bertz CT molecular complexity index is 1990. The second kappa shape index (κ2) is 29.8. The van der Waals surface area contributed by atoms with Crippen LogP contribution in [0.1, 0.15) is 80.1 Å². The second-order valence-electron chi connectivity index (χ2n) is 22.8. The number of carbonyl (C=O) groups excluding carboxylic acids is 2. The molecule has 82 heavy (non-hydrogen) atoms. The molecule has 7 aliphatic rings. The van der Waals surface area contributed by atoms with Gasteiger partial charge in [0.2, 0.25) is 0 Å². The van der Waals surface area contributed by atoms with Gasteiger partial charge in [0, 0.05) is 18.8 Å². The Morgan fingerprint density at radius 1 is 0.549 bits per heavy atom. The van der Waals surface area contributed by atoms with Crippen LogP contribution in [0.25, 0.3) is 0 Å². The predicted octanol–water partition coefficient (Wildman–Crippen LogP) is -7.24. The first-order valence-electron chi connectivity index (χ1n) is 28.4. The number of carbonyl (C=O) groups is 2. The van der Waals surface area contributed by atoms with Crippen LogP contribution in [-0.2, 0) is 75.9 Å². The molecular weight excluding hydrogens is 1100 g/mol. The van der Waals surface area contributed by atoms with Gasteiger partial charge in [-0.15, -0.1) is 0 Å². The van der Waals surface area contributed by atoms with E-state index in [1.54, 1.807) is 20.8 Å². The van der Waals surface area contributed by atoms with Gasteiger partial charge < -0.3 is 138 Å². The lowest BCUT2D eigenvalue weighted by Crippen LogP contribution is -2.65. The fourth-order valence-corrected chi connectivity index (χ4v) is 11.3. The molecule has 0 aliphatic carbocycles. The maximum Gasteiger partial charge on any atom is 0.308 e. The molecule has 2 bridgehead atoms. The van der Waals surface area contributed by atoms with Crippen LogP contribution in [0.5, 0.6) is 0 Å². The van der Waals surface area contributed by atoms with Crippen LogP contribution in [0, 0.1) is 11.8 Å². The minimum Gasteiger partial charge on any atom is -0.462 e. The Balaban J connectivity index is 0.902. The highest BCUT2D eigenvalue weighted by atomic mass is 16.8. The molecule has 0 aromatic rings. The van der Waals surface area contributed by atoms with Crippen molar-refractivity contribution >= 4 is 19.8 Å². The van der Waals surface area contributed by atoms with E-state index in [0.717, 1.165) is 0 Å². The van der Waals surface area contributed by atoms with Crippen molar-refractivity contribution in [2.24, 2.45) is 11.8 Å². The number of hydrogen-bond acceptors (Lipinski definition) is 30. The lowest BCUT2D eigenvalue weighted by Gasteiger charge is -2.48. The molecule has 0 aromatic heterocycles. The Morgan fingerprint density at radius 3 is 1.80 bits per heavy atom. The zero-order valence-corrected chi connectivity index (χ0v) is 46.9. The Kier molecular flexibility index (Phi) is 24.5. The fraction of sp³-hybridized carbons (Fsp3) is 0.961. The van der Waals surface area contributed by atoms with Crippen molar-refractivity contribution in [2.45, 2.75) is 270 Å². The summed E-state index contributed by atoms with van der Waals surface area (Å²) < 4.78 is 81.3. The van der Waals surface area contributed by atoms with Gasteiger partial charge in [-0.1, -0.05) is 34.1 Å². The van der Waals surface area contributed by atoms with Gasteiger partial charge in [-0.2, -0.15) is 0 Å². The van der Waals surface area contributed by atoms with Gasteiger partial charge in [-0.25, -0.2) is 0 Å². The molecule has 7 saturated heterocycles. The summed E-state index contributed by atoms with van der Waals surface area (Å²) in [5.41, 5.74) is 0. The molecule has 0 radical (unpaired) electrons. The van der Waals surface area contributed by atoms with Crippen LogP contribution in [0.4, 0.5) is 0 Å². The number of ether oxygens (including phenoxy) is 14. The third-order valence-electron chi connectivity index (χ3n) is 16.5. The molecule has 7 rings (SSSR count). The molecule has 7 aliphatic heterocycles. The standard InChI is InChI=1S/C51H87BO30/c1-7-17(3)26(74-29(58)11-22(55)10-27-18(4)14-69-43-32(61)25(8-2)75-50(39(43)68)82-45-33(62)28(13-53)77-51(45)76-27)9-21(54)12-30(59)78-41-19(5)72-46(52)44(37(41)66)81-49-36(65)34(63)40(20(6)73-49)79-48-38(67)42(24(57)16-71-48)80-47-35(64)31(60)23(56)15-70-47/h17-28,31-51,53-57,60-68H,7-16,52H2,1-6H3/t17-,18-,19+,20-,21-,22-,23+,24+,25-,26-,27-,28-,31-,32-,33-,34-,35+,36+,37-,38+,39+,40-,41-,42-,43+,44+,45+,46+,47-,48-,49-,50-,51+/m0/s1. The average molecular weight is 1190 g/mol. The third-order valence-corrected chi connectivity index (χ3v) is 16.5. The molecule has 0 unspecified atom stereocenters. The largest absolute Gasteiger partial charge is 0.462 e. The average Bonchev–Trinajstić information content (AvgIpc) is 3.91. The van der Waals surface area contributed by atoms with Gasteiger partial charge in [0.15, 0.2) is 37.6 Å². The summed E-state index contributed by atoms with van der Waals surface area (Å²) in [5, 5.41) is 152. The van der Waals surface area contributed by atoms with E-state index in [9.17, 15) is 81.1 Å². The highest BCUT2D eigenvalue weighted by Gasteiger charge is 2.55. The minimum absolute atomic E-state index is 0.113. The topological polar surface area (TPSA) is 447 Å². The van der Waals surface area contributed by atoms with E-state index in [1.165, 1.54) is 21.7 Å². The quantitative estimate of drug-likeness (QED) is 0.0398. The summed E-state index contributed by atoms with van der Waals surface area (Å²) >= 11 is 0. The van der Waals surface area contributed by atoms with Gasteiger partial charge in [-0.05, 0) is 26.2 Å². The molecule has 14 N–H and O–H groups in total. The molecule has 30 nitrogen and oxygen atoms in total. The van der Waals surface area contributed by atoms with Crippen molar-refractivity contribution in [3.8, 4) is 0 Å². The smallest absolute Gasteiger partial charge is 0.308 e. The number of esters is 2. The third kappa shape index (κ3) is 15.8. The first-order chi connectivity index (χ1) is 38.8. The number of rotatable bonds is 20. The predicted molar refractivity (Wildman–Crippen MR) is 270 cm³/mol. The molecule has 0 aromatic carbocycles. The fourth-order valence-electron chi connectivity index (χ4n) is 11.3. The molecule has 0 amide bonds. The summed E-state index contributed by atoms with van der Waals surface area (Å²) in [6, 6.07) is -0.913. The van der Waals surface area contributed by atoms with Crippen LogP contribution in [-0.4, -0.2) is 308 Å². The van der Waals surface area contributed by atoms with Crippen LogP contribution < -0.4 is 0 Å². The van der Waals surface area contributed by atoms with E-state index in [1.807, 2.05) is 6.92 Å². The second-order valence-corrected chi connectivity index (χ2v) is 22.8. The van der Waals surface area contributed by atoms with Crippen LogP contribution >= 0.6 is 0 Å². The lowest BCUT2D eigenvalue weighted by molar-refractivity contribution is -0.368. The minimum atomic E-state index is -1.87. The highest BCUT2D eigenvalue weighted by Crippen LogP contribution is 2.37. The van der Waals surface area contributed by atoms with Gasteiger partial charge in [0.25, 0.3) is 0 Å². The normalized spacial score (nSPS) is 47.2. The SMILES string of the molecule is B[C@@H]1O[C@H](C)[C@H](OC(=O)C[C@@H](O)C[C@H](OC(=O)C[C@@H](O)C[C@@H]2O[C@@H]3O[C@@H](CO)[C@H](O)[C@H]3O[C@@H]3O[C@@H](CC)[C@H](O)[C@@H](OC[C@@H]2C)[C@H]3O)[C@@H](C)CC)[C@H](O)[C@H]1O[C@@H]1O[C@@H](C)[C@H](O[C@@H]2OC[C@@H](O)[C@H](O[C@@H]3OC[C@@H](O)[C@H](O)[C@H]3O)[C@H]2O)[C@@H](O)[C@H]1O. The Labute approximate surface area is 474 Å². The van der Waals surface area contributed by atoms with Crippen molar-refractivity contribution in [3.05, 3.63) is 0 Å². The first kappa shape index (κ1) is 67.5. The van der Waals surface area contributed by atoms with E-state index in [0.29, 0.717) is 12.8 Å². The first-order valence-corrected chi connectivity index (χ1v) is 28.4. The van der Waals surface area contributed by atoms with E-state index in [4.69, 9.17) is 66.3 Å². The van der Waals surface area contributed by atoms with Crippen LogP contribution in [0.15, 0.2) is 0 Å². The van der Waals surface area contributed by atoms with Crippen molar-refractivity contribution in [3.63, 3.8) is 0 Å². The zero-order valence-electron chi connectivity index (χ0n) is 46.9. The summed E-state index contributed by atoms with van der Waals surface area (Å²) in [5.74, 6) is -2.78. The van der Waals surface area contributed by atoms with Gasteiger partial charge in [0.05, 0.1) is 81.9 Å². The summed E-state index contributed by atoms with van der Waals surface area (Å²) in [6.45, 7) is 8.40. The van der Waals surface area contributed by atoms with E-state index in [-0.39, 0.29) is 25.4 Å². The molecule has 33 atom stereocenters. The Morgan fingerprint density at radius 2 is 1.13 bits per heavy atom. The molecule has 0 spiro atoms. The van der Waals surface area contributed by atoms with E-state index < -0.39 is 241 Å². The monoisotopic (exact) mass is 1190 g/mol. The van der Waals surface area contributed by atoms with Gasteiger partial charge in [0.1, 0.15) is 118 Å². The molecule has 474 valence electrons. The molecule has 7 heterocycles. The highest BCUT2D eigenvalue weighted by molar-refractivity contribution is 6.11. The van der Waals surface area contributed by atoms with Gasteiger partial charge >= 0.3 is 11.9 Å². The molecule has 31 heteroatoms. The van der Waals surface area contributed by atoms with Crippen molar-refractivity contribution < 1.29 is 147 Å². The van der Waals surface area contributed by atoms with E-state index >= 15 is 0 Å². The summed E-state index contributed by atoms with van der Waals surface area (Å²) in [6.07, 6.45) is -42.9. The van der Waals surface area contributed by atoms with Crippen molar-refractivity contribution in [1.29, 1.82) is 0 Å². The molecule has 0 saturated carbocycles. The molecular formula is C51H87BO30. The maximum atomic E-state index is 13.5. The number of fused-ring (bicyclic) bond motifs is 3. The van der Waals surface area contributed by atoms with Crippen molar-refractivity contribution in [2.75, 3.05) is 26.4 Å². The van der Waals surface area contributed by atoms with Gasteiger partial charge in [-0.3, -0.25) is 9.59 Å². The lowest BCUT2D eigenvalue weighted by atomic mass is 9.84. The summed E-state index contributed by atoms with van der Waals surface area (Å²) in [7, 11) is 1.54. The number of aliphatic hydroxyl groups is 14. The zero-order chi connectivity index (χ0) is 60.2. The van der Waals surface area contributed by atoms with Crippen molar-refractivity contribution in [1.82, 2.24) is 0 Å². The Hall–Kier alpha value is -2.04. The van der Waals surface area contributed by atoms with Crippen LogP contribution in [0.3, 0.4) is 0 Å². The van der Waals surface area contributed by atoms with Crippen LogP contribution in [0.2, 0.25) is 0 Å². The summed E-state index contributed by atoms with van der Waals surface area (Å²) in [4.78, 5) is 27.0.